The molecule has 0 bridgehead atoms. The van der Waals surface area contributed by atoms with Crippen LogP contribution >= 0.6 is 11.6 Å². The lowest BCUT2D eigenvalue weighted by molar-refractivity contribution is -0.0677. The first-order valence-electron chi connectivity index (χ1n) is 6.45. The second kappa shape index (κ2) is 7.22. The number of hydrogen-bond donors (Lipinski definition) is 1. The highest BCUT2D eigenvalue weighted by Gasteiger charge is 2.25. The maximum atomic E-state index is 10.2. The van der Waals surface area contributed by atoms with Crippen LogP contribution in [0.3, 0.4) is 0 Å². The largest absolute Gasteiger partial charge is 0.387 e. The number of halogens is 1. The Morgan fingerprint density at radius 2 is 2.37 bits per heavy atom. The number of rotatable bonds is 6. The quantitative estimate of drug-likeness (QED) is 0.813. The molecule has 2 rings (SSSR count). The SMILES string of the molecule is COCOC1CCN(CC(O)c2cccc(Cl)c2)C1. The standard InChI is InChI=1S/C14H20ClNO3/c1-18-10-19-13-5-6-16(8-13)9-14(17)11-3-2-4-12(15)7-11/h2-4,7,13-14,17H,5-6,8-10H2,1H3. The van der Waals surface area contributed by atoms with Crippen molar-refractivity contribution in [3.05, 3.63) is 34.9 Å². The molecule has 0 spiro atoms. The molecular formula is C14H20ClNO3. The molecule has 1 heterocycles. The van der Waals surface area contributed by atoms with Gasteiger partial charge in [-0.3, -0.25) is 4.90 Å². The molecule has 1 aromatic carbocycles. The highest BCUT2D eigenvalue weighted by atomic mass is 35.5. The topological polar surface area (TPSA) is 41.9 Å². The molecule has 19 heavy (non-hydrogen) atoms. The van der Waals surface area contributed by atoms with E-state index in [1.807, 2.05) is 18.2 Å². The number of likely N-dealkylation sites (tertiary alicyclic amines) is 1. The van der Waals surface area contributed by atoms with Gasteiger partial charge < -0.3 is 14.6 Å². The number of methoxy groups -OCH3 is 1. The lowest BCUT2D eigenvalue weighted by Crippen LogP contribution is -2.28. The molecule has 1 aliphatic rings. The van der Waals surface area contributed by atoms with Gasteiger partial charge in [-0.25, -0.2) is 0 Å². The lowest BCUT2D eigenvalue weighted by atomic mass is 10.1. The zero-order chi connectivity index (χ0) is 13.7. The van der Waals surface area contributed by atoms with E-state index in [4.69, 9.17) is 21.1 Å². The highest BCUT2D eigenvalue weighted by Crippen LogP contribution is 2.21. The van der Waals surface area contributed by atoms with Crippen molar-refractivity contribution in [2.24, 2.45) is 0 Å². The highest BCUT2D eigenvalue weighted by molar-refractivity contribution is 6.30. The molecule has 0 aromatic heterocycles. The Labute approximate surface area is 118 Å². The van der Waals surface area contributed by atoms with Crippen LogP contribution in [0.5, 0.6) is 0 Å². The summed E-state index contributed by atoms with van der Waals surface area (Å²) in [5.41, 5.74) is 0.855. The summed E-state index contributed by atoms with van der Waals surface area (Å²) in [6, 6.07) is 7.37. The Morgan fingerprint density at radius 3 is 3.11 bits per heavy atom. The minimum absolute atomic E-state index is 0.200. The van der Waals surface area contributed by atoms with Crippen LogP contribution in [0.15, 0.2) is 24.3 Å². The fourth-order valence-electron chi connectivity index (χ4n) is 2.33. The van der Waals surface area contributed by atoms with Gasteiger partial charge in [0.2, 0.25) is 0 Å². The van der Waals surface area contributed by atoms with Crippen LogP contribution in [0.1, 0.15) is 18.1 Å². The van der Waals surface area contributed by atoms with Crippen LogP contribution in [0.2, 0.25) is 5.02 Å². The summed E-state index contributed by atoms with van der Waals surface area (Å²) < 4.78 is 10.4. The van der Waals surface area contributed by atoms with E-state index in [-0.39, 0.29) is 6.10 Å². The lowest BCUT2D eigenvalue weighted by Gasteiger charge is -2.20. The van der Waals surface area contributed by atoms with Gasteiger partial charge in [0.15, 0.2) is 0 Å². The first-order valence-corrected chi connectivity index (χ1v) is 6.83. The number of aliphatic hydroxyl groups excluding tert-OH is 1. The summed E-state index contributed by atoms with van der Waals surface area (Å²) in [6.07, 6.45) is 0.664. The molecule has 2 atom stereocenters. The molecule has 1 aromatic rings. The van der Waals surface area contributed by atoms with E-state index in [9.17, 15) is 5.11 Å². The maximum absolute atomic E-state index is 10.2. The third kappa shape index (κ3) is 4.44. The summed E-state index contributed by atoms with van der Waals surface area (Å²) in [7, 11) is 1.62. The van der Waals surface area contributed by atoms with Crippen molar-refractivity contribution in [1.82, 2.24) is 4.90 Å². The van der Waals surface area contributed by atoms with E-state index < -0.39 is 6.10 Å². The van der Waals surface area contributed by atoms with E-state index in [0.29, 0.717) is 18.4 Å². The Morgan fingerprint density at radius 1 is 1.53 bits per heavy atom. The number of benzene rings is 1. The number of β-amino-alcohol motifs (C(OH)–C–C–N with tert-alkyl or cyclic N) is 1. The Hall–Kier alpha value is -0.650. The summed E-state index contributed by atoms with van der Waals surface area (Å²) >= 11 is 5.93. The fourth-order valence-corrected chi connectivity index (χ4v) is 2.53. The molecule has 1 aliphatic heterocycles. The minimum Gasteiger partial charge on any atom is -0.387 e. The zero-order valence-electron chi connectivity index (χ0n) is 11.1. The van der Waals surface area contributed by atoms with E-state index in [2.05, 4.69) is 4.90 Å². The van der Waals surface area contributed by atoms with Crippen LogP contribution in [0.4, 0.5) is 0 Å². The van der Waals surface area contributed by atoms with Gasteiger partial charge in [0.1, 0.15) is 6.79 Å². The molecule has 4 nitrogen and oxygen atoms in total. The van der Waals surface area contributed by atoms with Gasteiger partial charge in [-0.15, -0.1) is 0 Å². The van der Waals surface area contributed by atoms with Crippen molar-refractivity contribution in [2.45, 2.75) is 18.6 Å². The number of nitrogens with zero attached hydrogens (tertiary/aromatic N) is 1. The first kappa shape index (κ1) is 14.8. The van der Waals surface area contributed by atoms with Crippen LogP contribution in [-0.4, -0.2) is 49.6 Å². The molecule has 0 saturated carbocycles. The Bertz CT molecular complexity index is 402. The Kier molecular flexibility index (Phi) is 5.60. The molecular weight excluding hydrogens is 266 g/mol. The molecule has 1 saturated heterocycles. The van der Waals surface area contributed by atoms with Crippen LogP contribution in [0.25, 0.3) is 0 Å². The van der Waals surface area contributed by atoms with Crippen molar-refractivity contribution >= 4 is 11.6 Å². The number of ether oxygens (including phenoxy) is 2. The van der Waals surface area contributed by atoms with E-state index in [1.165, 1.54) is 0 Å². The second-order valence-electron chi connectivity index (χ2n) is 4.81. The minimum atomic E-state index is -0.514. The second-order valence-corrected chi connectivity index (χ2v) is 5.25. The Balaban J connectivity index is 1.82. The summed E-state index contributed by atoms with van der Waals surface area (Å²) in [6.45, 7) is 2.70. The van der Waals surface area contributed by atoms with Crippen molar-refractivity contribution in [2.75, 3.05) is 33.5 Å². The van der Waals surface area contributed by atoms with E-state index in [0.717, 1.165) is 25.1 Å². The van der Waals surface area contributed by atoms with E-state index >= 15 is 0 Å². The van der Waals surface area contributed by atoms with Gasteiger partial charge in [0, 0.05) is 31.8 Å². The van der Waals surface area contributed by atoms with E-state index in [1.54, 1.807) is 13.2 Å². The van der Waals surface area contributed by atoms with Gasteiger partial charge >= 0.3 is 0 Å². The molecule has 0 amide bonds. The van der Waals surface area contributed by atoms with Gasteiger partial charge in [-0.05, 0) is 24.1 Å². The van der Waals surface area contributed by atoms with Gasteiger partial charge in [-0.2, -0.15) is 0 Å². The summed E-state index contributed by atoms with van der Waals surface area (Å²) in [5, 5.41) is 10.9. The van der Waals surface area contributed by atoms with Gasteiger partial charge in [0.25, 0.3) is 0 Å². The van der Waals surface area contributed by atoms with Crippen molar-refractivity contribution in [3.8, 4) is 0 Å². The average molecular weight is 286 g/mol. The smallest absolute Gasteiger partial charge is 0.146 e. The van der Waals surface area contributed by atoms with Crippen LogP contribution in [-0.2, 0) is 9.47 Å². The maximum Gasteiger partial charge on any atom is 0.146 e. The molecule has 106 valence electrons. The monoisotopic (exact) mass is 285 g/mol. The fraction of sp³-hybridized carbons (Fsp3) is 0.571. The summed E-state index contributed by atoms with van der Waals surface area (Å²) in [4.78, 5) is 2.20. The van der Waals surface area contributed by atoms with Crippen LogP contribution < -0.4 is 0 Å². The van der Waals surface area contributed by atoms with Crippen molar-refractivity contribution < 1.29 is 14.6 Å². The third-order valence-electron chi connectivity index (χ3n) is 3.32. The normalized spacial score (nSPS) is 21.7. The molecule has 5 heteroatoms. The predicted molar refractivity (Wildman–Crippen MR) is 74.2 cm³/mol. The number of hydrogen-bond acceptors (Lipinski definition) is 4. The van der Waals surface area contributed by atoms with Crippen molar-refractivity contribution in [3.63, 3.8) is 0 Å². The predicted octanol–water partition coefficient (Wildman–Crippen LogP) is 2.07. The molecule has 1 N–H and O–H groups in total. The van der Waals surface area contributed by atoms with Crippen molar-refractivity contribution in [1.29, 1.82) is 0 Å². The third-order valence-corrected chi connectivity index (χ3v) is 3.55. The number of aliphatic hydroxyl groups is 1. The van der Waals surface area contributed by atoms with Gasteiger partial charge in [-0.1, -0.05) is 23.7 Å². The zero-order valence-corrected chi connectivity index (χ0v) is 11.8. The van der Waals surface area contributed by atoms with Crippen LogP contribution in [0, 0.1) is 0 Å². The average Bonchev–Trinajstić information content (AvgIpc) is 2.84. The molecule has 0 aliphatic carbocycles. The molecule has 2 unspecified atom stereocenters. The summed E-state index contributed by atoms with van der Waals surface area (Å²) in [5.74, 6) is 0. The molecule has 1 fully saturated rings. The first-order chi connectivity index (χ1) is 9.19. The van der Waals surface area contributed by atoms with Gasteiger partial charge in [0.05, 0.1) is 12.2 Å². The molecule has 0 radical (unpaired) electrons.